The molecular weight excluding hydrogens is 256 g/mol. The summed E-state index contributed by atoms with van der Waals surface area (Å²) < 4.78 is 54.5. The third kappa shape index (κ3) is 2.79. The number of hydrogen-bond donors (Lipinski definition) is 1. The third-order valence-corrected chi connectivity index (χ3v) is 2.02. The molecule has 1 unspecified atom stereocenters. The second kappa shape index (κ2) is 4.67. The van der Waals surface area contributed by atoms with Gasteiger partial charge in [0.25, 0.3) is 0 Å². The smallest absolute Gasteiger partial charge is 0.464 e. The van der Waals surface area contributed by atoms with Gasteiger partial charge < -0.3 is 9.84 Å². The Hall–Kier alpha value is -2.05. The quantitative estimate of drug-likeness (QED) is 0.671. The third-order valence-electron chi connectivity index (χ3n) is 2.02. The summed E-state index contributed by atoms with van der Waals surface area (Å²) in [5, 5.41) is 8.57. The lowest BCUT2D eigenvalue weighted by Crippen LogP contribution is -2.44. The van der Waals surface area contributed by atoms with Gasteiger partial charge >= 0.3 is 18.0 Å². The van der Waals surface area contributed by atoms with E-state index >= 15 is 0 Å². The summed E-state index contributed by atoms with van der Waals surface area (Å²) in [6.07, 6.45) is -5.29. The first-order valence-electron chi connectivity index (χ1n) is 4.61. The van der Waals surface area contributed by atoms with E-state index in [4.69, 9.17) is 5.11 Å². The van der Waals surface area contributed by atoms with Crippen LogP contribution in [0.25, 0.3) is 0 Å². The fourth-order valence-electron chi connectivity index (χ4n) is 1.05. The van der Waals surface area contributed by atoms with Gasteiger partial charge in [-0.2, -0.15) is 17.6 Å². The Morgan fingerprint density at radius 2 is 1.72 bits per heavy atom. The fraction of sp³-hybridized carbons (Fsp3) is 0.182. The van der Waals surface area contributed by atoms with E-state index in [1.807, 2.05) is 0 Å². The van der Waals surface area contributed by atoms with Gasteiger partial charge in [-0.05, 0) is 30.3 Å². The summed E-state index contributed by atoms with van der Waals surface area (Å²) in [5.74, 6) is -5.73. The Labute approximate surface area is 99.3 Å². The average Bonchev–Trinajstić information content (AvgIpc) is 2.28. The topological polar surface area (TPSA) is 46.5 Å². The average molecular weight is 264 g/mol. The predicted octanol–water partition coefficient (Wildman–Crippen LogP) is 3.18. The molecule has 0 saturated carbocycles. The number of halogens is 4. The summed E-state index contributed by atoms with van der Waals surface area (Å²) in [7, 11) is 0. The molecule has 0 bridgehead atoms. The Morgan fingerprint density at radius 3 is 2.06 bits per heavy atom. The molecule has 0 aliphatic carbocycles. The van der Waals surface area contributed by atoms with Crippen LogP contribution in [0.5, 0.6) is 5.75 Å². The van der Waals surface area contributed by atoms with Crippen molar-refractivity contribution in [1.82, 2.24) is 0 Å². The highest BCUT2D eigenvalue weighted by molar-refractivity contribution is 5.87. The van der Waals surface area contributed by atoms with Crippen LogP contribution in [-0.2, 0) is 0 Å². The summed E-state index contributed by atoms with van der Waals surface area (Å²) in [5.41, 5.74) is -0.155. The van der Waals surface area contributed by atoms with Gasteiger partial charge in [-0.3, -0.25) is 0 Å². The van der Waals surface area contributed by atoms with E-state index in [0.29, 0.717) is 0 Å². The second-order valence-electron chi connectivity index (χ2n) is 3.28. The van der Waals surface area contributed by atoms with E-state index < -0.39 is 23.7 Å². The van der Waals surface area contributed by atoms with Crippen LogP contribution in [0, 0.1) is 0 Å². The highest BCUT2D eigenvalue weighted by Gasteiger charge is 2.56. The molecule has 0 spiro atoms. The number of benzene rings is 1. The Kier molecular flexibility index (Phi) is 3.64. The molecule has 98 valence electrons. The number of carboxylic acids is 1. The number of carboxylic acid groups (broad SMARTS) is 1. The van der Waals surface area contributed by atoms with Crippen LogP contribution in [-0.4, -0.2) is 23.1 Å². The number of carbonyl (C=O) groups is 1. The zero-order valence-electron chi connectivity index (χ0n) is 8.87. The van der Waals surface area contributed by atoms with Gasteiger partial charge in [0.05, 0.1) is 5.56 Å². The molecule has 0 amide bonds. The molecule has 0 heterocycles. The van der Waals surface area contributed by atoms with E-state index in [1.165, 1.54) is 0 Å². The first-order valence-corrected chi connectivity index (χ1v) is 4.61. The first-order chi connectivity index (χ1) is 8.19. The molecule has 0 aliphatic rings. The maximum absolute atomic E-state index is 13.4. The minimum Gasteiger partial charge on any atom is -0.478 e. The van der Waals surface area contributed by atoms with Crippen LogP contribution < -0.4 is 4.74 Å². The van der Waals surface area contributed by atoms with Gasteiger partial charge in [-0.1, -0.05) is 6.58 Å². The number of rotatable bonds is 4. The van der Waals surface area contributed by atoms with Crippen molar-refractivity contribution in [2.45, 2.75) is 12.0 Å². The Morgan fingerprint density at radius 1 is 1.22 bits per heavy atom. The van der Waals surface area contributed by atoms with E-state index in [2.05, 4.69) is 11.3 Å². The highest BCUT2D eigenvalue weighted by Crippen LogP contribution is 2.36. The van der Waals surface area contributed by atoms with Crippen molar-refractivity contribution < 1.29 is 32.2 Å². The van der Waals surface area contributed by atoms with Crippen LogP contribution in [0.3, 0.4) is 0 Å². The van der Waals surface area contributed by atoms with Crippen LogP contribution in [0.4, 0.5) is 17.6 Å². The molecular formula is C11H8F4O3. The number of hydrogen-bond acceptors (Lipinski definition) is 2. The lowest BCUT2D eigenvalue weighted by atomic mass is 10.2. The monoisotopic (exact) mass is 264 g/mol. The molecule has 18 heavy (non-hydrogen) atoms. The number of alkyl halides is 4. The summed E-state index contributed by atoms with van der Waals surface area (Å²) in [6, 6.07) is 3.84. The van der Waals surface area contributed by atoms with E-state index in [9.17, 15) is 22.4 Å². The van der Waals surface area contributed by atoms with Gasteiger partial charge in [0.2, 0.25) is 0 Å². The molecule has 0 aromatic heterocycles. The van der Waals surface area contributed by atoms with Gasteiger partial charge in [-0.25, -0.2) is 4.79 Å². The predicted molar refractivity (Wildman–Crippen MR) is 54.1 cm³/mol. The van der Waals surface area contributed by atoms with Crippen molar-refractivity contribution in [3.05, 3.63) is 42.5 Å². The van der Waals surface area contributed by atoms with Crippen molar-refractivity contribution in [3.8, 4) is 5.75 Å². The Balaban J connectivity index is 2.96. The van der Waals surface area contributed by atoms with Gasteiger partial charge in [-0.15, -0.1) is 0 Å². The molecule has 0 fully saturated rings. The van der Waals surface area contributed by atoms with Gasteiger partial charge in [0.15, 0.2) is 0 Å². The number of ether oxygens (including phenoxy) is 1. The standard InChI is InChI=1S/C11H8F4O3/c1-2-10(12,11(13,14)15)18-8-5-3-7(4-6-8)9(16)17/h2-6H,1H2,(H,16,17). The van der Waals surface area contributed by atoms with Crippen LogP contribution in [0.15, 0.2) is 36.9 Å². The normalized spacial score (nSPS) is 14.7. The Bertz CT molecular complexity index is 452. The van der Waals surface area contributed by atoms with Gasteiger partial charge in [0, 0.05) is 0 Å². The SMILES string of the molecule is C=CC(F)(Oc1ccc(C(=O)O)cc1)C(F)(F)F. The van der Waals surface area contributed by atoms with Crippen LogP contribution in [0.2, 0.25) is 0 Å². The largest absolute Gasteiger partial charge is 0.478 e. The van der Waals surface area contributed by atoms with Crippen molar-refractivity contribution >= 4 is 5.97 Å². The lowest BCUT2D eigenvalue weighted by Gasteiger charge is -2.25. The minimum atomic E-state index is -5.28. The molecule has 7 heteroatoms. The summed E-state index contributed by atoms with van der Waals surface area (Å²) in [4.78, 5) is 10.5. The molecule has 1 rings (SSSR count). The first kappa shape index (κ1) is 14.0. The molecule has 3 nitrogen and oxygen atoms in total. The van der Waals surface area contributed by atoms with Crippen molar-refractivity contribution in [2.75, 3.05) is 0 Å². The lowest BCUT2D eigenvalue weighted by molar-refractivity contribution is -0.278. The number of aromatic carboxylic acids is 1. The maximum atomic E-state index is 13.4. The second-order valence-corrected chi connectivity index (χ2v) is 3.28. The molecule has 0 aliphatic heterocycles. The van der Waals surface area contributed by atoms with Gasteiger partial charge in [0.1, 0.15) is 5.75 Å². The molecule has 1 aromatic carbocycles. The van der Waals surface area contributed by atoms with Crippen molar-refractivity contribution in [3.63, 3.8) is 0 Å². The minimum absolute atomic E-state index is 0.0158. The highest BCUT2D eigenvalue weighted by atomic mass is 19.4. The summed E-state index contributed by atoms with van der Waals surface area (Å²) in [6.45, 7) is 2.73. The molecule has 1 aromatic rings. The zero-order chi connectivity index (χ0) is 14.0. The zero-order valence-corrected chi connectivity index (χ0v) is 8.87. The van der Waals surface area contributed by atoms with E-state index in [1.54, 1.807) is 0 Å². The van der Waals surface area contributed by atoms with E-state index in [0.717, 1.165) is 24.3 Å². The molecule has 1 N–H and O–H groups in total. The fourth-order valence-corrected chi connectivity index (χ4v) is 1.05. The van der Waals surface area contributed by atoms with Crippen LogP contribution in [0.1, 0.15) is 10.4 Å². The van der Waals surface area contributed by atoms with Crippen molar-refractivity contribution in [2.24, 2.45) is 0 Å². The molecule has 0 radical (unpaired) electrons. The maximum Gasteiger partial charge on any atom is 0.464 e. The molecule has 0 saturated heterocycles. The molecule has 1 atom stereocenters. The summed E-state index contributed by atoms with van der Waals surface area (Å²) >= 11 is 0. The van der Waals surface area contributed by atoms with Crippen molar-refractivity contribution in [1.29, 1.82) is 0 Å². The van der Waals surface area contributed by atoms with Crippen LogP contribution >= 0.6 is 0 Å². The van der Waals surface area contributed by atoms with E-state index in [-0.39, 0.29) is 11.6 Å².